The number of rotatable bonds is 6. The van der Waals surface area contributed by atoms with Gasteiger partial charge in [-0.1, -0.05) is 12.1 Å². The van der Waals surface area contributed by atoms with E-state index in [1.165, 1.54) is 0 Å². The van der Waals surface area contributed by atoms with E-state index in [4.69, 9.17) is 24.0 Å². The number of fused-ring (bicyclic) bond motifs is 3. The Morgan fingerprint density at radius 3 is 2.55 bits per heavy atom. The third-order valence-electron chi connectivity index (χ3n) is 5.99. The fraction of sp³-hybridized carbons (Fsp3) is 0.269. The topological polar surface area (TPSA) is 72.8 Å². The molecule has 1 N–H and O–H groups in total. The van der Waals surface area contributed by atoms with Crippen LogP contribution in [0.5, 0.6) is 28.7 Å². The molecule has 0 spiro atoms. The summed E-state index contributed by atoms with van der Waals surface area (Å²) in [6.07, 6.45) is 0.150. The summed E-state index contributed by atoms with van der Waals surface area (Å²) in [7, 11) is 3.25. The van der Waals surface area contributed by atoms with Gasteiger partial charge in [0.2, 0.25) is 6.23 Å². The van der Waals surface area contributed by atoms with Crippen LogP contribution in [0.3, 0.4) is 0 Å². The predicted octanol–water partition coefficient (Wildman–Crippen LogP) is 5.05. The van der Waals surface area contributed by atoms with E-state index in [1.54, 1.807) is 26.4 Å². The summed E-state index contributed by atoms with van der Waals surface area (Å²) < 4.78 is 23.0. The molecule has 2 aliphatic rings. The standard InChI is InChI=1S/C26H26N2O5/c1-4-32-17-10-8-16(9-11-17)26-28-22(19-6-5-7-24(31-3)25(19)33-26)15-21(27-28)20-14-18(30-2)12-13-23(20)29/h5-14,22,26,29H,4,15H2,1-3H3/t22-,26-/m0/s1. The molecule has 7 heteroatoms. The number of aromatic hydroxyl groups is 1. The van der Waals surface area contributed by atoms with Crippen molar-refractivity contribution in [2.24, 2.45) is 5.10 Å². The van der Waals surface area contributed by atoms with E-state index in [0.717, 1.165) is 22.6 Å². The van der Waals surface area contributed by atoms with Crippen molar-refractivity contribution >= 4 is 5.71 Å². The van der Waals surface area contributed by atoms with Crippen LogP contribution >= 0.6 is 0 Å². The maximum Gasteiger partial charge on any atom is 0.214 e. The summed E-state index contributed by atoms with van der Waals surface area (Å²) in [5, 5.41) is 17.4. The normalized spacial score (nSPS) is 18.6. The maximum absolute atomic E-state index is 10.5. The largest absolute Gasteiger partial charge is 0.507 e. The third kappa shape index (κ3) is 3.69. The highest BCUT2D eigenvalue weighted by molar-refractivity contribution is 6.04. The van der Waals surface area contributed by atoms with Gasteiger partial charge in [-0.2, -0.15) is 5.10 Å². The molecule has 0 radical (unpaired) electrons. The average Bonchev–Trinajstić information content (AvgIpc) is 3.30. The second kappa shape index (κ2) is 8.58. The molecule has 170 valence electrons. The summed E-state index contributed by atoms with van der Waals surface area (Å²) in [5.74, 6) is 3.03. The third-order valence-corrected chi connectivity index (χ3v) is 5.99. The molecule has 3 aromatic rings. The van der Waals surface area contributed by atoms with Gasteiger partial charge in [-0.25, -0.2) is 5.01 Å². The number of hydrazone groups is 1. The second-order valence-corrected chi connectivity index (χ2v) is 7.88. The molecule has 0 saturated carbocycles. The van der Waals surface area contributed by atoms with Crippen LogP contribution in [0, 0.1) is 0 Å². The summed E-state index contributed by atoms with van der Waals surface area (Å²) in [4.78, 5) is 0. The lowest BCUT2D eigenvalue weighted by Crippen LogP contribution is -2.33. The number of nitrogens with zero attached hydrogens (tertiary/aromatic N) is 2. The Balaban J connectivity index is 1.59. The molecule has 3 aromatic carbocycles. The van der Waals surface area contributed by atoms with Crippen molar-refractivity contribution in [1.82, 2.24) is 5.01 Å². The van der Waals surface area contributed by atoms with E-state index in [9.17, 15) is 5.11 Å². The monoisotopic (exact) mass is 446 g/mol. The lowest BCUT2D eigenvalue weighted by molar-refractivity contribution is -0.0209. The van der Waals surface area contributed by atoms with Crippen LogP contribution in [-0.2, 0) is 0 Å². The van der Waals surface area contributed by atoms with Crippen LogP contribution in [-0.4, -0.2) is 36.7 Å². The summed E-state index contributed by atoms with van der Waals surface area (Å²) in [6.45, 7) is 2.57. The molecule has 0 aromatic heterocycles. The second-order valence-electron chi connectivity index (χ2n) is 7.88. The van der Waals surface area contributed by atoms with Gasteiger partial charge in [-0.05, 0) is 55.5 Å². The van der Waals surface area contributed by atoms with Crippen molar-refractivity contribution < 1.29 is 24.1 Å². The molecule has 33 heavy (non-hydrogen) atoms. The van der Waals surface area contributed by atoms with E-state index in [0.29, 0.717) is 35.8 Å². The molecule has 2 aliphatic heterocycles. The number of para-hydroxylation sites is 1. The zero-order valence-electron chi connectivity index (χ0n) is 18.8. The predicted molar refractivity (Wildman–Crippen MR) is 124 cm³/mol. The molecule has 7 nitrogen and oxygen atoms in total. The Kier molecular flexibility index (Phi) is 5.46. The number of phenolic OH excluding ortho intramolecular Hbond substituents is 1. The van der Waals surface area contributed by atoms with Crippen molar-refractivity contribution in [2.45, 2.75) is 25.6 Å². The van der Waals surface area contributed by atoms with Crippen LogP contribution in [0.4, 0.5) is 0 Å². The summed E-state index contributed by atoms with van der Waals surface area (Å²) in [5.41, 5.74) is 3.36. The summed E-state index contributed by atoms with van der Waals surface area (Å²) in [6, 6.07) is 18.8. The highest BCUT2D eigenvalue weighted by atomic mass is 16.5. The summed E-state index contributed by atoms with van der Waals surface area (Å²) >= 11 is 0. The minimum Gasteiger partial charge on any atom is -0.507 e. The smallest absolute Gasteiger partial charge is 0.214 e. The molecular formula is C26H26N2O5. The SMILES string of the molecule is CCOc1ccc([C@@H]2Oc3c(OC)cccc3[C@@H]3CC(c4cc(OC)ccc4O)=NN32)cc1. The Labute approximate surface area is 192 Å². The number of hydrogen-bond donors (Lipinski definition) is 1. The fourth-order valence-electron chi connectivity index (χ4n) is 4.40. The molecule has 0 amide bonds. The van der Waals surface area contributed by atoms with Crippen LogP contribution in [0.15, 0.2) is 65.8 Å². The molecule has 0 fully saturated rings. The van der Waals surface area contributed by atoms with Crippen molar-refractivity contribution in [2.75, 3.05) is 20.8 Å². The van der Waals surface area contributed by atoms with Gasteiger partial charge < -0.3 is 24.1 Å². The molecule has 0 saturated heterocycles. The van der Waals surface area contributed by atoms with Crippen molar-refractivity contribution in [3.63, 3.8) is 0 Å². The zero-order chi connectivity index (χ0) is 22.9. The lowest BCUT2D eigenvalue weighted by Gasteiger charge is -2.38. The van der Waals surface area contributed by atoms with Gasteiger partial charge in [0.05, 0.1) is 32.6 Å². The van der Waals surface area contributed by atoms with Gasteiger partial charge in [0, 0.05) is 23.1 Å². The number of benzene rings is 3. The number of ether oxygens (including phenoxy) is 4. The Hall–Kier alpha value is -3.87. The maximum atomic E-state index is 10.5. The van der Waals surface area contributed by atoms with Crippen molar-refractivity contribution in [3.05, 3.63) is 77.4 Å². The molecule has 2 heterocycles. The first-order valence-corrected chi connectivity index (χ1v) is 10.9. The molecule has 0 bridgehead atoms. The number of methoxy groups -OCH3 is 2. The average molecular weight is 447 g/mol. The Morgan fingerprint density at radius 1 is 1.03 bits per heavy atom. The fourth-order valence-corrected chi connectivity index (χ4v) is 4.40. The van der Waals surface area contributed by atoms with Crippen LogP contribution in [0.25, 0.3) is 0 Å². The molecule has 0 unspecified atom stereocenters. The van der Waals surface area contributed by atoms with Crippen molar-refractivity contribution in [3.8, 4) is 28.7 Å². The zero-order valence-corrected chi connectivity index (χ0v) is 18.8. The Morgan fingerprint density at radius 2 is 1.82 bits per heavy atom. The van der Waals surface area contributed by atoms with Crippen molar-refractivity contribution in [1.29, 1.82) is 0 Å². The van der Waals surface area contributed by atoms with E-state index >= 15 is 0 Å². The molecule has 2 atom stereocenters. The quantitative estimate of drug-likeness (QED) is 0.571. The van der Waals surface area contributed by atoms with Gasteiger partial charge in [0.25, 0.3) is 0 Å². The van der Waals surface area contributed by atoms with Gasteiger partial charge in [-0.3, -0.25) is 0 Å². The first-order valence-electron chi connectivity index (χ1n) is 10.9. The first kappa shape index (κ1) is 21.0. The van der Waals surface area contributed by atoms with E-state index in [1.807, 2.05) is 60.5 Å². The van der Waals surface area contributed by atoms with Crippen LogP contribution < -0.4 is 18.9 Å². The van der Waals surface area contributed by atoms with Gasteiger partial charge in [0.1, 0.15) is 17.2 Å². The van der Waals surface area contributed by atoms with E-state index in [-0.39, 0.29) is 11.8 Å². The highest BCUT2D eigenvalue weighted by Crippen LogP contribution is 2.51. The van der Waals surface area contributed by atoms with Gasteiger partial charge >= 0.3 is 0 Å². The van der Waals surface area contributed by atoms with Crippen LogP contribution in [0.2, 0.25) is 0 Å². The Bertz CT molecular complexity index is 1190. The molecule has 5 rings (SSSR count). The minimum atomic E-state index is -0.459. The lowest BCUT2D eigenvalue weighted by atomic mass is 9.95. The van der Waals surface area contributed by atoms with Crippen LogP contribution in [0.1, 0.15) is 42.3 Å². The van der Waals surface area contributed by atoms with E-state index in [2.05, 4.69) is 0 Å². The number of hydrogen-bond acceptors (Lipinski definition) is 7. The molecular weight excluding hydrogens is 420 g/mol. The van der Waals surface area contributed by atoms with E-state index < -0.39 is 6.23 Å². The molecule has 0 aliphatic carbocycles. The first-order chi connectivity index (χ1) is 16.1. The highest BCUT2D eigenvalue weighted by Gasteiger charge is 2.42. The minimum absolute atomic E-state index is 0.0685. The van der Waals surface area contributed by atoms with Gasteiger partial charge in [-0.15, -0.1) is 0 Å². The number of phenols is 1. The van der Waals surface area contributed by atoms with Gasteiger partial charge in [0.15, 0.2) is 11.5 Å².